The first-order valence-corrected chi connectivity index (χ1v) is 14.4. The lowest BCUT2D eigenvalue weighted by atomic mass is 10.1. The van der Waals surface area contributed by atoms with Crippen LogP contribution in [-0.2, 0) is 14.8 Å². The summed E-state index contributed by atoms with van der Waals surface area (Å²) in [6.45, 7) is 5.26. The van der Waals surface area contributed by atoms with Crippen molar-refractivity contribution >= 4 is 33.6 Å². The Kier molecular flexibility index (Phi) is 9.58. The number of hydrogen-bond donors (Lipinski definition) is 1. The van der Waals surface area contributed by atoms with Gasteiger partial charge in [0.05, 0.1) is 9.92 Å². The first-order chi connectivity index (χ1) is 18.3. The quantitative estimate of drug-likeness (QED) is 0.396. The zero-order valence-electron chi connectivity index (χ0n) is 21.3. The second-order valence-corrected chi connectivity index (χ2v) is 11.3. The summed E-state index contributed by atoms with van der Waals surface area (Å²) in [6.07, 6.45) is 4.24. The van der Waals surface area contributed by atoms with Crippen LogP contribution in [0.3, 0.4) is 0 Å². The molecule has 1 aliphatic heterocycles. The van der Waals surface area contributed by atoms with E-state index in [9.17, 15) is 13.2 Å². The van der Waals surface area contributed by atoms with Crippen LogP contribution in [0.25, 0.3) is 6.08 Å². The molecule has 200 valence electrons. The van der Waals surface area contributed by atoms with Gasteiger partial charge in [0.2, 0.25) is 10.0 Å². The third-order valence-electron chi connectivity index (χ3n) is 6.39. The maximum absolute atomic E-state index is 12.8. The average molecular weight is 554 g/mol. The van der Waals surface area contributed by atoms with Crippen molar-refractivity contribution in [3.63, 3.8) is 0 Å². The maximum atomic E-state index is 12.8. The lowest BCUT2D eigenvalue weighted by Gasteiger charge is -2.34. The van der Waals surface area contributed by atoms with Crippen molar-refractivity contribution < 1.29 is 17.9 Å². The number of nitrogens with one attached hydrogen (secondary N) is 1. The van der Waals surface area contributed by atoms with Crippen LogP contribution in [0.4, 0.5) is 0 Å². The lowest BCUT2D eigenvalue weighted by molar-refractivity contribution is -0.135. The van der Waals surface area contributed by atoms with E-state index in [0.717, 1.165) is 25.2 Å². The molecule has 3 aromatic carbocycles. The first-order valence-electron chi connectivity index (χ1n) is 12.5. The number of piperazine rings is 1. The van der Waals surface area contributed by atoms with E-state index in [2.05, 4.69) is 33.9 Å². The molecule has 1 saturated heterocycles. The molecule has 1 amide bonds. The van der Waals surface area contributed by atoms with Gasteiger partial charge in [-0.3, -0.25) is 9.69 Å². The van der Waals surface area contributed by atoms with Gasteiger partial charge >= 0.3 is 0 Å². The zero-order chi connectivity index (χ0) is 27.0. The van der Waals surface area contributed by atoms with Crippen LogP contribution < -0.4 is 9.46 Å². The molecule has 0 saturated carbocycles. The lowest BCUT2D eigenvalue weighted by Crippen LogP contribution is -2.49. The molecule has 0 aromatic heterocycles. The van der Waals surface area contributed by atoms with Gasteiger partial charge in [0.15, 0.2) is 6.61 Å². The summed E-state index contributed by atoms with van der Waals surface area (Å²) >= 11 is 6.31. The number of carbonyl (C=O) groups is 1. The summed E-state index contributed by atoms with van der Waals surface area (Å²) in [7, 11) is -3.80. The first kappa shape index (κ1) is 27.9. The van der Waals surface area contributed by atoms with Gasteiger partial charge in [-0.1, -0.05) is 84.4 Å². The Bertz CT molecular complexity index is 1340. The number of hydrogen-bond acceptors (Lipinski definition) is 5. The number of carbonyl (C=O) groups excluding carboxylic acids is 1. The summed E-state index contributed by atoms with van der Waals surface area (Å²) in [5.41, 5.74) is 2.02. The van der Waals surface area contributed by atoms with Gasteiger partial charge in [-0.05, 0) is 36.2 Å². The van der Waals surface area contributed by atoms with E-state index in [-0.39, 0.29) is 28.2 Å². The monoisotopic (exact) mass is 553 g/mol. The molecule has 7 nitrogen and oxygen atoms in total. The highest BCUT2D eigenvalue weighted by atomic mass is 35.5. The summed E-state index contributed by atoms with van der Waals surface area (Å²) in [5, 5.41) is 0.128. The molecule has 1 atom stereocenters. The smallest absolute Gasteiger partial charge is 0.260 e. The van der Waals surface area contributed by atoms with Crippen molar-refractivity contribution in [3.8, 4) is 5.75 Å². The van der Waals surface area contributed by atoms with E-state index >= 15 is 0 Å². The Hall–Kier alpha value is -3.17. The molecule has 4 rings (SSSR count). The van der Waals surface area contributed by atoms with Crippen LogP contribution in [0, 0.1) is 0 Å². The van der Waals surface area contributed by atoms with E-state index in [1.54, 1.807) is 11.8 Å². The fourth-order valence-corrected chi connectivity index (χ4v) is 5.75. The van der Waals surface area contributed by atoms with Gasteiger partial charge in [0, 0.05) is 38.8 Å². The molecule has 38 heavy (non-hydrogen) atoms. The van der Waals surface area contributed by atoms with Crippen LogP contribution >= 0.6 is 11.6 Å². The Labute approximate surface area is 229 Å². The minimum absolute atomic E-state index is 0.0291. The number of nitrogens with zero attached hydrogens (tertiary/aromatic N) is 2. The predicted molar refractivity (Wildman–Crippen MR) is 151 cm³/mol. The molecule has 1 N–H and O–H groups in total. The Morgan fingerprint density at radius 3 is 2.32 bits per heavy atom. The van der Waals surface area contributed by atoms with Crippen molar-refractivity contribution in [2.45, 2.75) is 17.9 Å². The zero-order valence-corrected chi connectivity index (χ0v) is 22.9. The van der Waals surface area contributed by atoms with Crippen molar-refractivity contribution in [1.82, 2.24) is 14.5 Å². The van der Waals surface area contributed by atoms with E-state index in [1.807, 2.05) is 48.5 Å². The molecule has 1 aliphatic rings. The minimum Gasteiger partial charge on any atom is -0.482 e. The van der Waals surface area contributed by atoms with Crippen LogP contribution in [0.2, 0.25) is 5.02 Å². The Morgan fingerprint density at radius 2 is 1.66 bits per heavy atom. The molecule has 0 aliphatic carbocycles. The third kappa shape index (κ3) is 7.68. The summed E-state index contributed by atoms with van der Waals surface area (Å²) < 4.78 is 34.0. The maximum Gasteiger partial charge on any atom is 0.260 e. The van der Waals surface area contributed by atoms with E-state index in [0.29, 0.717) is 13.1 Å². The number of benzene rings is 3. The number of halogens is 1. The molecule has 0 unspecified atom stereocenters. The molecule has 0 radical (unpaired) electrons. The van der Waals surface area contributed by atoms with Crippen molar-refractivity contribution in [2.75, 3.05) is 39.3 Å². The molecule has 3 aromatic rings. The molecule has 9 heteroatoms. The van der Waals surface area contributed by atoms with Crippen LogP contribution in [0.1, 0.15) is 24.1 Å². The van der Waals surface area contributed by atoms with Gasteiger partial charge in [-0.15, -0.1) is 0 Å². The fraction of sp³-hybridized carbons (Fsp3) is 0.276. The van der Waals surface area contributed by atoms with E-state index in [1.165, 1.54) is 23.8 Å². The van der Waals surface area contributed by atoms with Crippen molar-refractivity contribution in [2.24, 2.45) is 0 Å². The van der Waals surface area contributed by atoms with Crippen molar-refractivity contribution in [1.29, 1.82) is 0 Å². The van der Waals surface area contributed by atoms with Crippen LogP contribution in [0.15, 0.2) is 89.8 Å². The van der Waals surface area contributed by atoms with Gasteiger partial charge in [0.25, 0.3) is 5.91 Å². The van der Waals surface area contributed by atoms with Gasteiger partial charge in [0.1, 0.15) is 5.75 Å². The molecular weight excluding hydrogens is 522 g/mol. The second kappa shape index (κ2) is 13.1. The SMILES string of the molecule is C[C@H](NS(=O)(=O)c1ccc(OCC(=O)N2CCN(C/C=C/c3ccccc3)CC2)c(Cl)c1)c1ccccc1. The average Bonchev–Trinajstić information content (AvgIpc) is 2.93. The number of amides is 1. The highest BCUT2D eigenvalue weighted by molar-refractivity contribution is 7.89. The van der Waals surface area contributed by atoms with Crippen molar-refractivity contribution in [3.05, 3.63) is 101 Å². The predicted octanol–water partition coefficient (Wildman–Crippen LogP) is 4.62. The Balaban J connectivity index is 1.25. The summed E-state index contributed by atoms with van der Waals surface area (Å²) in [5.74, 6) is 0.135. The minimum atomic E-state index is -3.80. The Morgan fingerprint density at radius 1 is 1.00 bits per heavy atom. The number of sulfonamides is 1. The molecular formula is C29H32ClN3O4S. The third-order valence-corrected chi connectivity index (χ3v) is 8.23. The van der Waals surface area contributed by atoms with Gasteiger partial charge in [-0.25, -0.2) is 13.1 Å². The van der Waals surface area contributed by atoms with E-state index in [4.69, 9.17) is 16.3 Å². The van der Waals surface area contributed by atoms with Crippen LogP contribution in [0.5, 0.6) is 5.75 Å². The molecule has 1 fully saturated rings. The van der Waals surface area contributed by atoms with Gasteiger partial charge in [-0.2, -0.15) is 0 Å². The summed E-state index contributed by atoms with van der Waals surface area (Å²) in [4.78, 5) is 16.8. The number of ether oxygens (including phenoxy) is 1. The van der Waals surface area contributed by atoms with E-state index < -0.39 is 16.1 Å². The molecule has 0 spiro atoms. The second-order valence-electron chi connectivity index (χ2n) is 9.13. The largest absolute Gasteiger partial charge is 0.482 e. The fourth-order valence-electron chi connectivity index (χ4n) is 4.19. The topological polar surface area (TPSA) is 78.9 Å². The summed E-state index contributed by atoms with van der Waals surface area (Å²) in [6, 6.07) is 23.3. The molecule has 0 bridgehead atoms. The highest BCUT2D eigenvalue weighted by Crippen LogP contribution is 2.28. The number of rotatable bonds is 10. The molecule has 1 heterocycles. The highest BCUT2D eigenvalue weighted by Gasteiger charge is 2.22. The standard InChI is InChI=1S/C29H32ClN3O4S/c1-23(25-12-6-3-7-13-25)31-38(35,36)26-14-15-28(27(30)21-26)37-22-29(34)33-19-17-32(18-20-33)16-8-11-24-9-4-2-5-10-24/h2-15,21,23,31H,16-20,22H2,1H3/b11-8+/t23-/m0/s1. The van der Waals surface area contributed by atoms with Crippen LogP contribution in [-0.4, -0.2) is 63.5 Å². The van der Waals surface area contributed by atoms with Gasteiger partial charge < -0.3 is 9.64 Å². The normalized spacial score (nSPS) is 15.5.